The van der Waals surface area contributed by atoms with Gasteiger partial charge < -0.3 is 14.4 Å². The third kappa shape index (κ3) is 2.58. The number of aliphatic hydroxyl groups excluding tert-OH is 1. The summed E-state index contributed by atoms with van der Waals surface area (Å²) in [6, 6.07) is 2.07. The van der Waals surface area contributed by atoms with Crippen molar-refractivity contribution in [3.05, 3.63) is 23.2 Å². The van der Waals surface area contributed by atoms with Gasteiger partial charge in [-0.25, -0.2) is 0 Å². The average molecular weight is 251 g/mol. The van der Waals surface area contributed by atoms with Gasteiger partial charge in [-0.2, -0.15) is 0 Å². The summed E-state index contributed by atoms with van der Waals surface area (Å²) in [7, 11) is 0. The van der Waals surface area contributed by atoms with Gasteiger partial charge >= 0.3 is 0 Å². The number of rotatable bonds is 4. The van der Waals surface area contributed by atoms with Crippen molar-refractivity contribution < 1.29 is 14.3 Å². The van der Waals surface area contributed by atoms with E-state index in [-0.39, 0.29) is 18.6 Å². The molecule has 0 atom stereocenters. The lowest BCUT2D eigenvalue weighted by Gasteiger charge is -2.28. The molecule has 0 aliphatic heterocycles. The van der Waals surface area contributed by atoms with E-state index < -0.39 is 0 Å². The van der Waals surface area contributed by atoms with Gasteiger partial charge in [-0.1, -0.05) is 12.8 Å². The Kier molecular flexibility index (Phi) is 4.07. The van der Waals surface area contributed by atoms with Crippen LogP contribution in [0, 0.1) is 13.8 Å². The fourth-order valence-corrected chi connectivity index (χ4v) is 2.77. The number of amides is 1. The standard InChI is InChI=1S/C14H21NO3/c1-10-9-13(11(2)18-10)14(17)15(7-8-16)12-5-3-4-6-12/h9,12,16H,3-8H2,1-2H3. The maximum atomic E-state index is 12.5. The van der Waals surface area contributed by atoms with Crippen LogP contribution in [-0.4, -0.2) is 35.1 Å². The molecule has 0 radical (unpaired) electrons. The van der Waals surface area contributed by atoms with Crippen molar-refractivity contribution in [3.63, 3.8) is 0 Å². The van der Waals surface area contributed by atoms with E-state index in [9.17, 15) is 4.79 Å². The summed E-state index contributed by atoms with van der Waals surface area (Å²) in [6.07, 6.45) is 4.43. The van der Waals surface area contributed by atoms with E-state index in [2.05, 4.69) is 0 Å². The van der Waals surface area contributed by atoms with Gasteiger partial charge in [0.25, 0.3) is 5.91 Å². The number of furan rings is 1. The van der Waals surface area contributed by atoms with Gasteiger partial charge in [0.15, 0.2) is 0 Å². The lowest BCUT2D eigenvalue weighted by Crippen LogP contribution is -2.40. The Morgan fingerprint density at radius 2 is 2.11 bits per heavy atom. The minimum atomic E-state index is -0.00898. The summed E-state index contributed by atoms with van der Waals surface area (Å²) in [5, 5.41) is 9.15. The molecule has 0 bridgehead atoms. The summed E-state index contributed by atoms with van der Waals surface area (Å²) in [5.41, 5.74) is 0.632. The zero-order chi connectivity index (χ0) is 13.1. The van der Waals surface area contributed by atoms with Crippen LogP contribution in [0.15, 0.2) is 10.5 Å². The van der Waals surface area contributed by atoms with Crippen LogP contribution in [0.25, 0.3) is 0 Å². The van der Waals surface area contributed by atoms with Crippen LogP contribution in [0.5, 0.6) is 0 Å². The fourth-order valence-electron chi connectivity index (χ4n) is 2.77. The Morgan fingerprint density at radius 3 is 2.61 bits per heavy atom. The van der Waals surface area contributed by atoms with Crippen molar-refractivity contribution in [2.75, 3.05) is 13.2 Å². The van der Waals surface area contributed by atoms with Crippen molar-refractivity contribution >= 4 is 5.91 Å². The highest BCUT2D eigenvalue weighted by Gasteiger charge is 2.28. The normalized spacial score (nSPS) is 16.2. The van der Waals surface area contributed by atoms with Crippen LogP contribution in [0.1, 0.15) is 47.6 Å². The predicted octanol–water partition coefficient (Wildman–Crippen LogP) is 2.27. The highest BCUT2D eigenvalue weighted by molar-refractivity contribution is 5.95. The second kappa shape index (κ2) is 5.57. The monoisotopic (exact) mass is 251 g/mol. The van der Waals surface area contributed by atoms with Crippen LogP contribution in [0.3, 0.4) is 0 Å². The van der Waals surface area contributed by atoms with Crippen LogP contribution in [0.2, 0.25) is 0 Å². The molecule has 1 aromatic heterocycles. The second-order valence-corrected chi connectivity index (χ2v) is 4.99. The minimum absolute atomic E-state index is 0.00898. The van der Waals surface area contributed by atoms with Gasteiger partial charge in [-0.3, -0.25) is 4.79 Å². The molecule has 1 heterocycles. The molecule has 2 rings (SSSR count). The molecular formula is C14H21NO3. The molecule has 1 aliphatic rings. The van der Waals surface area contributed by atoms with Gasteiger partial charge in [-0.05, 0) is 32.8 Å². The lowest BCUT2D eigenvalue weighted by molar-refractivity contribution is 0.0636. The molecule has 4 nitrogen and oxygen atoms in total. The topological polar surface area (TPSA) is 53.7 Å². The molecule has 100 valence electrons. The van der Waals surface area contributed by atoms with Crippen molar-refractivity contribution in [2.45, 2.75) is 45.6 Å². The number of carbonyl (C=O) groups is 1. The molecule has 0 saturated heterocycles. The first-order chi connectivity index (χ1) is 8.63. The van der Waals surface area contributed by atoms with Gasteiger partial charge in [0.05, 0.1) is 12.2 Å². The van der Waals surface area contributed by atoms with Crippen molar-refractivity contribution in [3.8, 4) is 0 Å². The fraction of sp³-hybridized carbons (Fsp3) is 0.643. The van der Waals surface area contributed by atoms with Crippen LogP contribution in [0.4, 0.5) is 0 Å². The first kappa shape index (κ1) is 13.1. The SMILES string of the molecule is Cc1cc(C(=O)N(CCO)C2CCCC2)c(C)o1. The summed E-state index contributed by atoms with van der Waals surface area (Å²) >= 11 is 0. The molecule has 1 aliphatic carbocycles. The van der Waals surface area contributed by atoms with E-state index in [0.717, 1.165) is 18.6 Å². The van der Waals surface area contributed by atoms with E-state index in [0.29, 0.717) is 17.9 Å². The summed E-state index contributed by atoms with van der Waals surface area (Å²) < 4.78 is 5.42. The second-order valence-electron chi connectivity index (χ2n) is 4.99. The molecule has 18 heavy (non-hydrogen) atoms. The Labute approximate surface area is 108 Å². The molecule has 0 unspecified atom stereocenters. The Morgan fingerprint density at radius 1 is 1.44 bits per heavy atom. The summed E-state index contributed by atoms with van der Waals surface area (Å²) in [5.74, 6) is 1.41. The number of nitrogens with zero attached hydrogens (tertiary/aromatic N) is 1. The van der Waals surface area contributed by atoms with Crippen LogP contribution >= 0.6 is 0 Å². The first-order valence-corrected chi connectivity index (χ1v) is 6.62. The minimum Gasteiger partial charge on any atom is -0.466 e. The molecule has 1 saturated carbocycles. The molecular weight excluding hydrogens is 230 g/mol. The van der Waals surface area contributed by atoms with Crippen molar-refractivity contribution in [2.24, 2.45) is 0 Å². The zero-order valence-electron chi connectivity index (χ0n) is 11.1. The van der Waals surface area contributed by atoms with Gasteiger partial charge in [0.2, 0.25) is 0 Å². The average Bonchev–Trinajstić information content (AvgIpc) is 2.95. The molecule has 1 aromatic rings. The smallest absolute Gasteiger partial charge is 0.257 e. The van der Waals surface area contributed by atoms with E-state index >= 15 is 0 Å². The molecule has 0 aromatic carbocycles. The number of aliphatic hydroxyl groups is 1. The maximum Gasteiger partial charge on any atom is 0.257 e. The third-order valence-corrected chi connectivity index (χ3v) is 3.64. The predicted molar refractivity (Wildman–Crippen MR) is 68.6 cm³/mol. The maximum absolute atomic E-state index is 12.5. The quantitative estimate of drug-likeness (QED) is 0.893. The zero-order valence-corrected chi connectivity index (χ0v) is 11.1. The van der Waals surface area contributed by atoms with Crippen molar-refractivity contribution in [1.29, 1.82) is 0 Å². The molecule has 1 fully saturated rings. The van der Waals surface area contributed by atoms with Gasteiger partial charge in [0, 0.05) is 12.6 Å². The van der Waals surface area contributed by atoms with Gasteiger partial charge in [0.1, 0.15) is 11.5 Å². The number of hydrogen-bond acceptors (Lipinski definition) is 3. The first-order valence-electron chi connectivity index (χ1n) is 6.62. The van der Waals surface area contributed by atoms with Crippen molar-refractivity contribution in [1.82, 2.24) is 4.90 Å². The molecule has 1 N–H and O–H groups in total. The van der Waals surface area contributed by atoms with Crippen LogP contribution in [-0.2, 0) is 0 Å². The van der Waals surface area contributed by atoms with Crippen LogP contribution < -0.4 is 0 Å². The summed E-state index contributed by atoms with van der Waals surface area (Å²) in [4.78, 5) is 14.3. The number of hydrogen-bond donors (Lipinski definition) is 1. The Balaban J connectivity index is 2.19. The molecule has 4 heteroatoms. The van der Waals surface area contributed by atoms with E-state index in [1.807, 2.05) is 18.7 Å². The summed E-state index contributed by atoms with van der Waals surface area (Å²) in [6.45, 7) is 4.08. The Hall–Kier alpha value is -1.29. The van der Waals surface area contributed by atoms with Gasteiger partial charge in [-0.15, -0.1) is 0 Å². The lowest BCUT2D eigenvalue weighted by atomic mass is 10.1. The van der Waals surface area contributed by atoms with E-state index in [4.69, 9.17) is 9.52 Å². The highest BCUT2D eigenvalue weighted by atomic mass is 16.3. The number of aryl methyl sites for hydroxylation is 2. The van der Waals surface area contributed by atoms with E-state index in [1.165, 1.54) is 12.8 Å². The van der Waals surface area contributed by atoms with E-state index in [1.54, 1.807) is 6.07 Å². The molecule has 1 amide bonds. The third-order valence-electron chi connectivity index (χ3n) is 3.64. The highest BCUT2D eigenvalue weighted by Crippen LogP contribution is 2.26. The molecule has 0 spiro atoms. The number of carbonyl (C=O) groups excluding carboxylic acids is 1. The largest absolute Gasteiger partial charge is 0.466 e. The Bertz CT molecular complexity index is 419.